The van der Waals surface area contributed by atoms with Gasteiger partial charge in [-0.15, -0.1) is 0 Å². The lowest BCUT2D eigenvalue weighted by Gasteiger charge is -2.22. The number of nitrogens with zero attached hydrogens (tertiary/aromatic N) is 4. The molecule has 5 rings (SSSR count). The summed E-state index contributed by atoms with van der Waals surface area (Å²) in [6.07, 6.45) is 3.95. The normalized spacial score (nSPS) is 17.4. The molecule has 10 heteroatoms. The number of carbonyl (C=O) groups excluding carboxylic acids is 1. The molecule has 0 unspecified atom stereocenters. The first kappa shape index (κ1) is 23.3. The van der Waals surface area contributed by atoms with Crippen molar-refractivity contribution in [1.82, 2.24) is 14.7 Å². The number of nitrogens with one attached hydrogen (secondary N) is 1. The summed E-state index contributed by atoms with van der Waals surface area (Å²) >= 11 is 0. The number of ether oxygens (including phenoxy) is 1. The number of carbonyl (C=O) groups is 1. The Balaban J connectivity index is 1.41. The summed E-state index contributed by atoms with van der Waals surface area (Å²) in [6.45, 7) is 6.54. The van der Waals surface area contributed by atoms with Crippen molar-refractivity contribution < 1.29 is 17.9 Å². The Hall–Kier alpha value is -3.50. The maximum absolute atomic E-state index is 13.3. The molecule has 0 bridgehead atoms. The lowest BCUT2D eigenvalue weighted by molar-refractivity contribution is 0.0994. The highest BCUT2D eigenvalue weighted by molar-refractivity contribution is 7.89. The van der Waals surface area contributed by atoms with Crippen LogP contribution in [0.5, 0.6) is 5.75 Å². The first-order chi connectivity index (χ1) is 16.6. The lowest BCUT2D eigenvalue weighted by atomic mass is 9.95. The molecular formula is C25H27N5O4S. The summed E-state index contributed by atoms with van der Waals surface area (Å²) < 4.78 is 33.6. The van der Waals surface area contributed by atoms with E-state index in [0.29, 0.717) is 48.1 Å². The van der Waals surface area contributed by atoms with E-state index in [2.05, 4.69) is 14.7 Å². The van der Waals surface area contributed by atoms with Crippen LogP contribution in [0.1, 0.15) is 42.3 Å². The Labute approximate surface area is 204 Å². The molecule has 0 aliphatic carbocycles. The molecule has 0 radical (unpaired) electrons. The molecule has 2 aromatic heterocycles. The van der Waals surface area contributed by atoms with Gasteiger partial charge in [0, 0.05) is 38.0 Å². The number of benzene rings is 1. The molecule has 4 heterocycles. The van der Waals surface area contributed by atoms with E-state index < -0.39 is 15.6 Å². The van der Waals surface area contributed by atoms with Gasteiger partial charge in [-0.25, -0.2) is 23.1 Å². The second-order valence-electron chi connectivity index (χ2n) is 9.13. The van der Waals surface area contributed by atoms with Gasteiger partial charge >= 0.3 is 0 Å². The van der Waals surface area contributed by atoms with E-state index in [-0.39, 0.29) is 10.8 Å². The van der Waals surface area contributed by atoms with Crippen LogP contribution in [0.2, 0.25) is 0 Å². The van der Waals surface area contributed by atoms with Crippen molar-refractivity contribution in [2.24, 2.45) is 0 Å². The van der Waals surface area contributed by atoms with Crippen LogP contribution in [0.3, 0.4) is 0 Å². The van der Waals surface area contributed by atoms with Crippen LogP contribution in [0, 0.1) is 0 Å². The van der Waals surface area contributed by atoms with Crippen LogP contribution >= 0.6 is 0 Å². The number of aromatic nitrogens is 2. The van der Waals surface area contributed by atoms with Crippen LogP contribution in [-0.2, 0) is 22.0 Å². The molecular weight excluding hydrogens is 466 g/mol. The summed E-state index contributed by atoms with van der Waals surface area (Å²) in [6, 6.07) is 10.6. The third-order valence-corrected chi connectivity index (χ3v) is 8.05. The molecule has 182 valence electrons. The minimum Gasteiger partial charge on any atom is -0.493 e. The highest BCUT2D eigenvalue weighted by atomic mass is 32.2. The minimum absolute atomic E-state index is 0.153. The smallest absolute Gasteiger partial charge is 0.261 e. The first-order valence-corrected chi connectivity index (χ1v) is 12.9. The fourth-order valence-electron chi connectivity index (χ4n) is 4.75. The lowest BCUT2D eigenvalue weighted by Crippen LogP contribution is -2.33. The fraction of sp³-hybridized carbons (Fsp3) is 0.320. The van der Waals surface area contributed by atoms with Gasteiger partial charge < -0.3 is 14.5 Å². The van der Waals surface area contributed by atoms with Crippen LogP contribution in [-0.4, -0.2) is 44.5 Å². The van der Waals surface area contributed by atoms with E-state index in [4.69, 9.17) is 4.74 Å². The van der Waals surface area contributed by atoms with Gasteiger partial charge in [0.15, 0.2) is 5.82 Å². The Morgan fingerprint density at radius 3 is 2.69 bits per heavy atom. The van der Waals surface area contributed by atoms with Gasteiger partial charge in [0.2, 0.25) is 10.0 Å². The maximum atomic E-state index is 13.3. The summed E-state index contributed by atoms with van der Waals surface area (Å²) in [5.74, 6) is 1.64. The Morgan fingerprint density at radius 2 is 1.91 bits per heavy atom. The summed E-state index contributed by atoms with van der Waals surface area (Å²) in [5, 5.41) is 0. The van der Waals surface area contributed by atoms with E-state index in [9.17, 15) is 13.2 Å². The summed E-state index contributed by atoms with van der Waals surface area (Å²) in [5.41, 5.74) is 1.94. The largest absolute Gasteiger partial charge is 0.493 e. The number of hydrogen-bond acceptors (Lipinski definition) is 7. The van der Waals surface area contributed by atoms with Crippen molar-refractivity contribution in [2.45, 2.75) is 37.6 Å². The SMILES string of the molecule is CCN1c2ncc(CCOc3cccc4c3C(C)(C)NS4(=O)=O)cc2C(=O)N(C)c2cccnc21. The van der Waals surface area contributed by atoms with Crippen molar-refractivity contribution >= 4 is 33.3 Å². The van der Waals surface area contributed by atoms with Gasteiger partial charge in [-0.05, 0) is 56.7 Å². The molecule has 0 saturated heterocycles. The molecule has 1 aromatic carbocycles. The zero-order chi connectivity index (χ0) is 25.0. The molecule has 1 N–H and O–H groups in total. The number of fused-ring (bicyclic) bond motifs is 3. The fourth-order valence-corrected chi connectivity index (χ4v) is 6.52. The van der Waals surface area contributed by atoms with Crippen molar-refractivity contribution in [3.8, 4) is 5.75 Å². The Kier molecular flexibility index (Phi) is 5.52. The van der Waals surface area contributed by atoms with Gasteiger partial charge in [-0.3, -0.25) is 4.79 Å². The van der Waals surface area contributed by atoms with E-state index in [1.807, 2.05) is 43.9 Å². The van der Waals surface area contributed by atoms with E-state index >= 15 is 0 Å². The van der Waals surface area contributed by atoms with Gasteiger partial charge in [0.25, 0.3) is 5.91 Å². The molecule has 0 saturated carbocycles. The third kappa shape index (κ3) is 3.82. The van der Waals surface area contributed by atoms with Crippen molar-refractivity contribution in [3.63, 3.8) is 0 Å². The number of sulfonamides is 1. The van der Waals surface area contributed by atoms with Gasteiger partial charge in [-0.2, -0.15) is 0 Å². The summed E-state index contributed by atoms with van der Waals surface area (Å²) in [4.78, 5) is 26.2. The van der Waals surface area contributed by atoms with Crippen molar-refractivity contribution in [2.75, 3.05) is 30.0 Å². The average Bonchev–Trinajstić information content (AvgIpc) is 2.98. The number of amides is 1. The topological polar surface area (TPSA) is 105 Å². The van der Waals surface area contributed by atoms with E-state index in [1.165, 1.54) is 0 Å². The molecule has 2 aliphatic rings. The van der Waals surface area contributed by atoms with E-state index in [1.54, 1.807) is 42.5 Å². The third-order valence-electron chi connectivity index (χ3n) is 6.35. The van der Waals surface area contributed by atoms with Gasteiger partial charge in [0.1, 0.15) is 11.6 Å². The number of hydrogen-bond donors (Lipinski definition) is 1. The van der Waals surface area contributed by atoms with E-state index in [0.717, 1.165) is 11.3 Å². The predicted molar refractivity (Wildman–Crippen MR) is 133 cm³/mol. The second-order valence-corrected chi connectivity index (χ2v) is 10.8. The average molecular weight is 494 g/mol. The van der Waals surface area contributed by atoms with Gasteiger partial charge in [0.05, 0.1) is 28.3 Å². The molecule has 0 fully saturated rings. The molecule has 9 nitrogen and oxygen atoms in total. The molecule has 0 spiro atoms. The van der Waals surface area contributed by atoms with Crippen molar-refractivity contribution in [1.29, 1.82) is 0 Å². The molecule has 2 aliphatic heterocycles. The summed E-state index contributed by atoms with van der Waals surface area (Å²) in [7, 11) is -1.82. The standard InChI is InChI=1S/C25H27N5O4S/c1-5-30-22-17(24(31)29(4)18-8-7-12-26-23(18)30)14-16(15-27-22)11-13-34-19-9-6-10-20-21(19)25(2,3)28-35(20,32)33/h6-10,12,14-15,28H,5,11,13H2,1-4H3. The molecule has 1 amide bonds. The predicted octanol–water partition coefficient (Wildman–Crippen LogP) is 3.37. The van der Waals surface area contributed by atoms with Crippen molar-refractivity contribution in [3.05, 3.63) is 65.5 Å². The second kappa shape index (κ2) is 8.31. The number of anilines is 3. The van der Waals surface area contributed by atoms with Crippen LogP contribution in [0.15, 0.2) is 53.7 Å². The quantitative estimate of drug-likeness (QED) is 0.581. The zero-order valence-electron chi connectivity index (χ0n) is 20.1. The van der Waals surface area contributed by atoms with Gasteiger partial charge in [-0.1, -0.05) is 6.07 Å². The van der Waals surface area contributed by atoms with Crippen LogP contribution in [0.25, 0.3) is 0 Å². The van der Waals surface area contributed by atoms with Crippen LogP contribution < -0.4 is 19.3 Å². The maximum Gasteiger partial charge on any atom is 0.261 e. The molecule has 0 atom stereocenters. The Morgan fingerprint density at radius 1 is 1.11 bits per heavy atom. The monoisotopic (exact) mass is 493 g/mol. The first-order valence-electron chi connectivity index (χ1n) is 11.4. The number of pyridine rings is 2. The van der Waals surface area contributed by atoms with Crippen LogP contribution in [0.4, 0.5) is 17.3 Å². The Bertz CT molecular complexity index is 1440. The minimum atomic E-state index is -3.56. The molecule has 3 aromatic rings. The highest BCUT2D eigenvalue weighted by Crippen LogP contribution is 2.41. The zero-order valence-corrected chi connectivity index (χ0v) is 20.9. The molecule has 35 heavy (non-hydrogen) atoms. The highest BCUT2D eigenvalue weighted by Gasteiger charge is 2.42. The number of rotatable bonds is 5.